The van der Waals surface area contributed by atoms with E-state index in [0.29, 0.717) is 5.69 Å². The van der Waals surface area contributed by atoms with E-state index in [-0.39, 0.29) is 18.7 Å². The molecular formula is C11H14F3NO2. The predicted molar refractivity (Wildman–Crippen MR) is 57.6 cm³/mol. The lowest BCUT2D eigenvalue weighted by Crippen LogP contribution is -2.32. The summed E-state index contributed by atoms with van der Waals surface area (Å²) in [6.45, 7) is -1.31. The molecule has 0 aliphatic heterocycles. The fourth-order valence-corrected chi connectivity index (χ4v) is 1.59. The van der Waals surface area contributed by atoms with E-state index >= 15 is 0 Å². The minimum Gasteiger partial charge on any atom is -0.395 e. The van der Waals surface area contributed by atoms with Gasteiger partial charge >= 0.3 is 0 Å². The van der Waals surface area contributed by atoms with Crippen LogP contribution in [0.2, 0.25) is 0 Å². The minimum absolute atomic E-state index is 0.00295. The zero-order valence-electron chi connectivity index (χ0n) is 9.11. The van der Waals surface area contributed by atoms with Crippen molar-refractivity contribution in [1.29, 1.82) is 0 Å². The summed E-state index contributed by atoms with van der Waals surface area (Å²) in [5, 5.41) is 17.9. The normalized spacial score (nSPS) is 10.9. The van der Waals surface area contributed by atoms with E-state index in [4.69, 9.17) is 10.2 Å². The molecule has 96 valence electrons. The first-order chi connectivity index (χ1) is 8.08. The van der Waals surface area contributed by atoms with Crippen LogP contribution in [0.5, 0.6) is 0 Å². The molecule has 0 bridgehead atoms. The predicted octanol–water partition coefficient (Wildman–Crippen LogP) is 1.38. The monoisotopic (exact) mass is 249 g/mol. The van der Waals surface area contributed by atoms with Crippen LogP contribution in [0.4, 0.5) is 18.9 Å². The maximum atomic E-state index is 12.9. The summed E-state index contributed by atoms with van der Waals surface area (Å²) in [5.41, 5.74) is 0.530. The summed E-state index contributed by atoms with van der Waals surface area (Å²) < 4.78 is 37.6. The molecule has 0 unspecified atom stereocenters. The Bertz CT molecular complexity index is 361. The highest BCUT2D eigenvalue weighted by Gasteiger charge is 2.15. The molecule has 0 saturated carbocycles. The third kappa shape index (κ3) is 3.90. The lowest BCUT2D eigenvalue weighted by atomic mass is 10.1. The zero-order chi connectivity index (χ0) is 12.8. The number of benzene rings is 1. The third-order valence-electron chi connectivity index (χ3n) is 2.28. The average Bonchev–Trinajstić information content (AvgIpc) is 2.27. The van der Waals surface area contributed by atoms with Gasteiger partial charge in [-0.05, 0) is 18.2 Å². The molecule has 0 aliphatic rings. The lowest BCUT2D eigenvalue weighted by Gasteiger charge is -2.25. The average molecular weight is 249 g/mol. The van der Waals surface area contributed by atoms with Gasteiger partial charge in [-0.25, -0.2) is 13.2 Å². The van der Waals surface area contributed by atoms with Crippen LogP contribution < -0.4 is 4.90 Å². The number of aliphatic hydroxyl groups excluding tert-OH is 2. The molecule has 0 radical (unpaired) electrons. The van der Waals surface area contributed by atoms with Crippen LogP contribution in [0.1, 0.15) is 5.56 Å². The van der Waals surface area contributed by atoms with Crippen LogP contribution in [0, 0.1) is 5.82 Å². The standard InChI is InChI=1S/C11H14F3NO2/c12-9-1-2-10(8(5-9)7-17)15(3-4-16)6-11(13)14/h1-2,5,11,16-17H,3-4,6-7H2. The molecule has 0 aromatic heterocycles. The topological polar surface area (TPSA) is 43.7 Å². The fourth-order valence-electron chi connectivity index (χ4n) is 1.59. The van der Waals surface area contributed by atoms with Crippen molar-refractivity contribution in [2.24, 2.45) is 0 Å². The van der Waals surface area contributed by atoms with E-state index in [1.807, 2.05) is 0 Å². The maximum absolute atomic E-state index is 12.9. The molecule has 0 atom stereocenters. The van der Waals surface area contributed by atoms with Gasteiger partial charge in [-0.3, -0.25) is 0 Å². The molecule has 3 nitrogen and oxygen atoms in total. The summed E-state index contributed by atoms with van der Waals surface area (Å²) in [6.07, 6.45) is -2.57. The Morgan fingerprint density at radius 1 is 1.24 bits per heavy atom. The molecule has 0 aliphatic carbocycles. The van der Waals surface area contributed by atoms with Crippen molar-refractivity contribution in [3.05, 3.63) is 29.6 Å². The van der Waals surface area contributed by atoms with E-state index in [0.717, 1.165) is 12.1 Å². The maximum Gasteiger partial charge on any atom is 0.255 e. The molecule has 0 saturated heterocycles. The zero-order valence-corrected chi connectivity index (χ0v) is 9.11. The number of aliphatic hydroxyl groups is 2. The second-order valence-electron chi connectivity index (χ2n) is 3.49. The van der Waals surface area contributed by atoms with Crippen LogP contribution in [0.3, 0.4) is 0 Å². The van der Waals surface area contributed by atoms with Gasteiger partial charge in [0.05, 0.1) is 19.8 Å². The van der Waals surface area contributed by atoms with Gasteiger partial charge in [-0.15, -0.1) is 0 Å². The summed E-state index contributed by atoms with van der Waals surface area (Å²) >= 11 is 0. The molecule has 1 aromatic rings. The Hall–Kier alpha value is -1.27. The highest BCUT2D eigenvalue weighted by molar-refractivity contribution is 5.53. The van der Waals surface area contributed by atoms with Crippen LogP contribution in [-0.4, -0.2) is 36.3 Å². The Labute approximate surface area is 97.1 Å². The van der Waals surface area contributed by atoms with E-state index in [1.165, 1.54) is 11.0 Å². The largest absolute Gasteiger partial charge is 0.395 e. The van der Waals surface area contributed by atoms with E-state index in [2.05, 4.69) is 0 Å². The van der Waals surface area contributed by atoms with Gasteiger partial charge in [0.1, 0.15) is 5.82 Å². The molecule has 0 fully saturated rings. The summed E-state index contributed by atoms with van der Waals surface area (Å²) in [7, 11) is 0. The van der Waals surface area contributed by atoms with Crippen molar-refractivity contribution < 1.29 is 23.4 Å². The molecule has 0 spiro atoms. The molecular weight excluding hydrogens is 235 g/mol. The first-order valence-corrected chi connectivity index (χ1v) is 5.11. The minimum atomic E-state index is -2.57. The molecule has 1 rings (SSSR count). The Morgan fingerprint density at radius 3 is 2.47 bits per heavy atom. The van der Waals surface area contributed by atoms with Crippen LogP contribution in [-0.2, 0) is 6.61 Å². The molecule has 17 heavy (non-hydrogen) atoms. The number of anilines is 1. The smallest absolute Gasteiger partial charge is 0.255 e. The molecule has 1 aromatic carbocycles. The van der Waals surface area contributed by atoms with Gasteiger partial charge in [0, 0.05) is 17.8 Å². The first kappa shape index (κ1) is 13.8. The van der Waals surface area contributed by atoms with Gasteiger partial charge in [0.2, 0.25) is 0 Å². The highest BCUT2D eigenvalue weighted by atomic mass is 19.3. The first-order valence-electron chi connectivity index (χ1n) is 5.11. The highest BCUT2D eigenvalue weighted by Crippen LogP contribution is 2.22. The Kier molecular flexibility index (Phi) is 5.24. The SMILES string of the molecule is OCCN(CC(F)F)c1ccc(F)cc1CO. The number of halogens is 3. The number of nitrogens with zero attached hydrogens (tertiary/aromatic N) is 1. The van der Waals surface area contributed by atoms with Crippen molar-refractivity contribution in [3.8, 4) is 0 Å². The van der Waals surface area contributed by atoms with E-state index in [1.54, 1.807) is 0 Å². The van der Waals surface area contributed by atoms with Gasteiger partial charge in [0.25, 0.3) is 6.43 Å². The third-order valence-corrected chi connectivity index (χ3v) is 2.28. The van der Waals surface area contributed by atoms with Crippen molar-refractivity contribution in [2.45, 2.75) is 13.0 Å². The quantitative estimate of drug-likeness (QED) is 0.800. The van der Waals surface area contributed by atoms with Crippen LogP contribution in [0.25, 0.3) is 0 Å². The number of hydrogen-bond donors (Lipinski definition) is 2. The molecule has 6 heteroatoms. The van der Waals surface area contributed by atoms with Crippen molar-refractivity contribution in [1.82, 2.24) is 0 Å². The number of rotatable bonds is 6. The Balaban J connectivity index is 2.99. The van der Waals surface area contributed by atoms with Gasteiger partial charge in [-0.1, -0.05) is 0 Å². The Morgan fingerprint density at radius 2 is 1.94 bits per heavy atom. The van der Waals surface area contributed by atoms with Gasteiger partial charge in [0.15, 0.2) is 0 Å². The van der Waals surface area contributed by atoms with Crippen molar-refractivity contribution in [2.75, 3.05) is 24.6 Å². The molecule has 2 N–H and O–H groups in total. The second-order valence-corrected chi connectivity index (χ2v) is 3.49. The van der Waals surface area contributed by atoms with Crippen LogP contribution >= 0.6 is 0 Å². The summed E-state index contributed by atoms with van der Waals surface area (Å²) in [5.74, 6) is -0.543. The summed E-state index contributed by atoms with van der Waals surface area (Å²) in [4.78, 5) is 1.22. The van der Waals surface area contributed by atoms with Gasteiger partial charge in [-0.2, -0.15) is 0 Å². The number of hydrogen-bond acceptors (Lipinski definition) is 3. The lowest BCUT2D eigenvalue weighted by molar-refractivity contribution is 0.152. The van der Waals surface area contributed by atoms with Gasteiger partial charge < -0.3 is 15.1 Å². The molecule has 0 heterocycles. The second kappa shape index (κ2) is 6.46. The number of alkyl halides is 2. The fraction of sp³-hybridized carbons (Fsp3) is 0.455. The van der Waals surface area contributed by atoms with Crippen LogP contribution in [0.15, 0.2) is 18.2 Å². The molecule has 0 amide bonds. The van der Waals surface area contributed by atoms with E-state index in [9.17, 15) is 13.2 Å². The van der Waals surface area contributed by atoms with Crippen molar-refractivity contribution >= 4 is 5.69 Å². The summed E-state index contributed by atoms with van der Waals surface area (Å²) in [6, 6.07) is 3.54. The van der Waals surface area contributed by atoms with Crippen molar-refractivity contribution in [3.63, 3.8) is 0 Å². The van der Waals surface area contributed by atoms with E-state index < -0.39 is 25.4 Å².